The third-order valence-electron chi connectivity index (χ3n) is 5.79. The van der Waals surface area contributed by atoms with Crippen LogP contribution in [-0.2, 0) is 18.8 Å². The molecule has 0 aliphatic rings. The molecule has 2 heterocycles. The number of rotatable bonds is 4. The zero-order valence-electron chi connectivity index (χ0n) is 18.6. The van der Waals surface area contributed by atoms with Gasteiger partial charge in [0.25, 0.3) is 0 Å². The highest BCUT2D eigenvalue weighted by Crippen LogP contribution is 2.39. The number of hydrogen-bond acceptors (Lipinski definition) is 4. The maximum Gasteiger partial charge on any atom is 0.416 e. The van der Waals surface area contributed by atoms with Crippen molar-refractivity contribution in [3.63, 3.8) is 0 Å². The molecule has 0 saturated heterocycles. The van der Waals surface area contributed by atoms with Crippen LogP contribution in [0.25, 0.3) is 32.9 Å². The second kappa shape index (κ2) is 8.51. The second-order valence-electron chi connectivity index (χ2n) is 8.15. The van der Waals surface area contributed by atoms with E-state index in [1.807, 2.05) is 25.1 Å². The highest BCUT2D eigenvalue weighted by molar-refractivity contribution is 6.02. The molecule has 0 unspecified atom stereocenters. The predicted molar refractivity (Wildman–Crippen MR) is 124 cm³/mol. The first-order chi connectivity index (χ1) is 17.0. The molecule has 0 saturated carbocycles. The lowest BCUT2D eigenvalue weighted by molar-refractivity contribution is -0.143. The largest absolute Gasteiger partial charge is 0.416 e. The monoisotopic (exact) mass is 501 g/mol. The van der Waals surface area contributed by atoms with Crippen LogP contribution in [0.3, 0.4) is 0 Å². The molecule has 0 fully saturated rings. The zero-order valence-corrected chi connectivity index (χ0v) is 18.6. The average Bonchev–Trinajstić information content (AvgIpc) is 3.25. The van der Waals surface area contributed by atoms with E-state index in [0.29, 0.717) is 28.6 Å². The maximum atomic E-state index is 13.3. The summed E-state index contributed by atoms with van der Waals surface area (Å²) in [6.45, 7) is 2.00. The summed E-state index contributed by atoms with van der Waals surface area (Å²) < 4.78 is 79.6. The summed E-state index contributed by atoms with van der Waals surface area (Å²) in [6, 6.07) is 13.8. The highest BCUT2D eigenvalue weighted by atomic mass is 19.4. The van der Waals surface area contributed by atoms with Crippen LogP contribution in [0, 0.1) is 0 Å². The summed E-state index contributed by atoms with van der Waals surface area (Å²) in [6.07, 6.45) is -9.16. The quantitative estimate of drug-likeness (QED) is 0.250. The molecule has 36 heavy (non-hydrogen) atoms. The molecule has 0 radical (unpaired) electrons. The van der Waals surface area contributed by atoms with Crippen molar-refractivity contribution >= 4 is 33.2 Å². The van der Waals surface area contributed by atoms with Gasteiger partial charge >= 0.3 is 12.4 Å². The summed E-state index contributed by atoms with van der Waals surface area (Å²) in [4.78, 5) is 0. The number of anilines is 2. The second-order valence-corrected chi connectivity index (χ2v) is 8.15. The van der Waals surface area contributed by atoms with Gasteiger partial charge in [-0.25, -0.2) is 0 Å². The van der Waals surface area contributed by atoms with Gasteiger partial charge in [0.1, 0.15) is 5.69 Å². The number of nitrogens with zero attached hydrogens (tertiary/aromatic N) is 3. The number of aryl methyl sites for hydroxylation is 1. The van der Waals surface area contributed by atoms with E-state index in [2.05, 4.69) is 25.7 Å². The number of nitrogens with one attached hydrogen (secondary N) is 2. The summed E-state index contributed by atoms with van der Waals surface area (Å²) in [5.74, 6) is 0.0256. The summed E-state index contributed by atoms with van der Waals surface area (Å²) in [5, 5.41) is 20.3. The molecule has 5 rings (SSSR count). The van der Waals surface area contributed by atoms with Crippen molar-refractivity contribution in [2.75, 3.05) is 5.32 Å². The Morgan fingerprint density at radius 3 is 2.08 bits per heavy atom. The Labute approximate surface area is 200 Å². The molecule has 5 aromatic rings. The molecule has 0 amide bonds. The third-order valence-corrected chi connectivity index (χ3v) is 5.79. The molecule has 5 nitrogen and oxygen atoms in total. The van der Waals surface area contributed by atoms with Crippen LogP contribution in [0.2, 0.25) is 0 Å². The van der Waals surface area contributed by atoms with Gasteiger partial charge in [0.05, 0.1) is 22.3 Å². The molecular weight excluding hydrogens is 484 g/mol. The van der Waals surface area contributed by atoms with Gasteiger partial charge in [-0.3, -0.25) is 5.10 Å². The third kappa shape index (κ3) is 4.32. The first kappa shape index (κ1) is 23.6. The van der Waals surface area contributed by atoms with Crippen LogP contribution in [-0.4, -0.2) is 20.4 Å². The summed E-state index contributed by atoms with van der Waals surface area (Å²) in [7, 11) is 0. The summed E-state index contributed by atoms with van der Waals surface area (Å²) >= 11 is 0. The first-order valence-corrected chi connectivity index (χ1v) is 10.8. The van der Waals surface area contributed by atoms with Gasteiger partial charge < -0.3 is 5.32 Å². The van der Waals surface area contributed by atoms with Crippen molar-refractivity contribution in [2.24, 2.45) is 0 Å². The average molecular weight is 501 g/mol. The van der Waals surface area contributed by atoms with Crippen molar-refractivity contribution in [2.45, 2.75) is 25.7 Å². The summed E-state index contributed by atoms with van der Waals surface area (Å²) in [5.41, 5.74) is -0.294. The SMILES string of the molecule is CCc1n[nH]c2cc(-c3nnc(Nc4cc(C(F)(F)F)cc(C(F)(F)F)c4)c4ccccc34)ccc12. The Bertz CT molecular complexity index is 1550. The van der Waals surface area contributed by atoms with Crippen LogP contribution in [0.15, 0.2) is 60.7 Å². The fraction of sp³-hybridized carbons (Fsp3) is 0.160. The number of aromatic nitrogens is 4. The predicted octanol–water partition coefficient (Wildman–Crippen LogP) is 7.52. The van der Waals surface area contributed by atoms with Gasteiger partial charge in [0, 0.05) is 27.4 Å². The van der Waals surface area contributed by atoms with Crippen LogP contribution in [0.5, 0.6) is 0 Å². The maximum absolute atomic E-state index is 13.3. The lowest BCUT2D eigenvalue weighted by Crippen LogP contribution is -2.12. The van der Waals surface area contributed by atoms with Crippen LogP contribution in [0.4, 0.5) is 37.8 Å². The van der Waals surface area contributed by atoms with Crippen LogP contribution >= 0.6 is 0 Å². The molecule has 0 atom stereocenters. The minimum atomic E-state index is -4.96. The minimum Gasteiger partial charge on any atom is -0.338 e. The number of aromatic amines is 1. The van der Waals surface area contributed by atoms with Crippen molar-refractivity contribution in [3.05, 3.63) is 77.5 Å². The molecule has 2 aromatic heterocycles. The van der Waals surface area contributed by atoms with E-state index >= 15 is 0 Å². The van der Waals surface area contributed by atoms with Crippen LogP contribution in [0.1, 0.15) is 23.7 Å². The molecule has 0 aliphatic carbocycles. The molecule has 0 bridgehead atoms. The molecule has 0 spiro atoms. The normalized spacial score (nSPS) is 12.4. The standard InChI is InChI=1S/C25H17F6N5/c1-2-20-19-8-7-13(9-21(19)34-33-20)22-17-5-3-4-6-18(17)23(36-35-22)32-16-11-14(24(26,27)28)10-15(12-16)25(29,30)31/h3-12H,2H2,1H3,(H,32,36)(H,33,34). The number of halogens is 6. The molecular formula is C25H17F6N5. The molecule has 184 valence electrons. The van der Waals surface area contributed by atoms with Gasteiger partial charge in [-0.15, -0.1) is 10.2 Å². The minimum absolute atomic E-state index is 0.0256. The Hall–Kier alpha value is -4.15. The van der Waals surface area contributed by atoms with E-state index < -0.39 is 29.2 Å². The van der Waals surface area contributed by atoms with Gasteiger partial charge in [0.15, 0.2) is 5.82 Å². The molecule has 11 heteroatoms. The van der Waals surface area contributed by atoms with Crippen molar-refractivity contribution in [3.8, 4) is 11.3 Å². The number of H-pyrrole nitrogens is 1. The smallest absolute Gasteiger partial charge is 0.338 e. The zero-order chi connectivity index (χ0) is 25.7. The Balaban J connectivity index is 1.60. The number of fused-ring (bicyclic) bond motifs is 2. The Morgan fingerprint density at radius 2 is 1.44 bits per heavy atom. The van der Waals surface area contributed by atoms with E-state index in [-0.39, 0.29) is 11.9 Å². The van der Waals surface area contributed by atoms with Crippen molar-refractivity contribution in [1.29, 1.82) is 0 Å². The Morgan fingerprint density at radius 1 is 0.778 bits per heavy atom. The molecule has 2 N–H and O–H groups in total. The lowest BCUT2D eigenvalue weighted by atomic mass is 10.0. The Kier molecular flexibility index (Phi) is 5.57. The van der Waals surface area contributed by atoms with Gasteiger partial charge in [-0.1, -0.05) is 43.3 Å². The highest BCUT2D eigenvalue weighted by Gasteiger charge is 2.37. The van der Waals surface area contributed by atoms with Crippen molar-refractivity contribution in [1.82, 2.24) is 20.4 Å². The molecule has 3 aromatic carbocycles. The number of hydrogen-bond donors (Lipinski definition) is 2. The van der Waals surface area contributed by atoms with Gasteiger partial charge in [-0.2, -0.15) is 31.4 Å². The van der Waals surface area contributed by atoms with Gasteiger partial charge in [0.2, 0.25) is 0 Å². The van der Waals surface area contributed by atoms with Crippen molar-refractivity contribution < 1.29 is 26.3 Å². The number of benzene rings is 3. The van der Waals surface area contributed by atoms with E-state index in [9.17, 15) is 26.3 Å². The van der Waals surface area contributed by atoms with Crippen LogP contribution < -0.4 is 5.32 Å². The lowest BCUT2D eigenvalue weighted by Gasteiger charge is -2.16. The van der Waals surface area contributed by atoms with E-state index in [1.54, 1.807) is 24.3 Å². The van der Waals surface area contributed by atoms with Gasteiger partial charge in [-0.05, 0) is 30.7 Å². The fourth-order valence-electron chi connectivity index (χ4n) is 4.07. The topological polar surface area (TPSA) is 66.5 Å². The van der Waals surface area contributed by atoms with E-state index in [4.69, 9.17) is 0 Å². The number of alkyl halides is 6. The molecule has 0 aliphatic heterocycles. The fourth-order valence-corrected chi connectivity index (χ4v) is 4.07. The van der Waals surface area contributed by atoms with E-state index in [1.165, 1.54) is 0 Å². The first-order valence-electron chi connectivity index (χ1n) is 10.8. The van der Waals surface area contributed by atoms with E-state index in [0.717, 1.165) is 28.6 Å².